The van der Waals surface area contributed by atoms with E-state index in [1.54, 1.807) is 6.20 Å². The number of rotatable bonds is 5. The summed E-state index contributed by atoms with van der Waals surface area (Å²) >= 11 is 0. The molecule has 3 aromatic heterocycles. The number of sulfone groups is 1. The maximum atomic E-state index is 12.8. The number of carbonyl (C=O) groups is 1. The Labute approximate surface area is 168 Å². The fourth-order valence-electron chi connectivity index (χ4n) is 3.86. The normalized spacial score (nSPS) is 17.7. The lowest BCUT2D eigenvalue weighted by atomic mass is 9.94. The first-order valence-electron chi connectivity index (χ1n) is 9.49. The number of hydrogen-bond donors (Lipinski definition) is 0. The van der Waals surface area contributed by atoms with Crippen molar-refractivity contribution in [2.45, 2.75) is 43.5 Å². The van der Waals surface area contributed by atoms with Gasteiger partial charge in [-0.25, -0.2) is 13.4 Å². The number of fused-ring (bicyclic) bond motifs is 1. The van der Waals surface area contributed by atoms with E-state index in [0.29, 0.717) is 37.5 Å². The quantitative estimate of drug-likeness (QED) is 0.604. The fraction of sp³-hybridized carbons (Fsp3) is 0.500. The Kier molecular flexibility index (Phi) is 5.07. The van der Waals surface area contributed by atoms with Gasteiger partial charge in [0.2, 0.25) is 5.91 Å². The first kappa shape index (κ1) is 19.5. The Bertz CT molecular complexity index is 1150. The van der Waals surface area contributed by atoms with E-state index >= 15 is 0 Å². The van der Waals surface area contributed by atoms with Gasteiger partial charge in [-0.3, -0.25) is 9.48 Å². The molecule has 1 aliphatic heterocycles. The highest BCUT2D eigenvalue weighted by Crippen LogP contribution is 2.31. The van der Waals surface area contributed by atoms with E-state index < -0.39 is 9.84 Å². The Hall–Kier alpha value is -2.82. The van der Waals surface area contributed by atoms with Crippen LogP contribution >= 0.6 is 0 Å². The van der Waals surface area contributed by atoms with Crippen LogP contribution in [-0.4, -0.2) is 67.9 Å². The molecule has 154 valence electrons. The van der Waals surface area contributed by atoms with Gasteiger partial charge in [0.25, 0.3) is 5.78 Å². The number of amides is 1. The van der Waals surface area contributed by atoms with Crippen LogP contribution in [0.3, 0.4) is 0 Å². The molecule has 1 amide bonds. The standard InChI is InChI=1S/C18H23N7O3S/c1-13-5-7-21-24(13)9-6-16(26)23-8-3-4-14(11-23)17-15(29(2,27)28)10-19-18-20-12-22-25(17)18/h5,7,10,12,14H,3-4,6,8-9,11H2,1-2H3/t14-/m0/s1. The van der Waals surface area contributed by atoms with Crippen molar-refractivity contribution in [2.24, 2.45) is 0 Å². The van der Waals surface area contributed by atoms with Crippen molar-refractivity contribution in [1.29, 1.82) is 0 Å². The van der Waals surface area contributed by atoms with Crippen LogP contribution in [0.15, 0.2) is 29.7 Å². The lowest BCUT2D eigenvalue weighted by molar-refractivity contribution is -0.132. The summed E-state index contributed by atoms with van der Waals surface area (Å²) in [7, 11) is -3.50. The van der Waals surface area contributed by atoms with Gasteiger partial charge in [0.15, 0.2) is 9.84 Å². The summed E-state index contributed by atoms with van der Waals surface area (Å²) in [6.07, 6.45) is 7.49. The van der Waals surface area contributed by atoms with Gasteiger partial charge in [-0.15, -0.1) is 0 Å². The zero-order valence-corrected chi connectivity index (χ0v) is 17.2. The Morgan fingerprint density at radius 2 is 2.10 bits per heavy atom. The molecule has 3 aromatic rings. The van der Waals surface area contributed by atoms with Crippen molar-refractivity contribution in [2.75, 3.05) is 19.3 Å². The number of aryl methyl sites for hydroxylation is 2. The summed E-state index contributed by atoms with van der Waals surface area (Å²) in [6, 6.07) is 1.90. The molecule has 11 heteroatoms. The maximum absolute atomic E-state index is 12.8. The molecule has 1 atom stereocenters. The van der Waals surface area contributed by atoms with Gasteiger partial charge in [0.1, 0.15) is 11.2 Å². The topological polar surface area (TPSA) is 115 Å². The van der Waals surface area contributed by atoms with Crippen LogP contribution < -0.4 is 0 Å². The lowest BCUT2D eigenvalue weighted by Crippen LogP contribution is -2.40. The van der Waals surface area contributed by atoms with Gasteiger partial charge in [-0.05, 0) is 25.8 Å². The molecule has 4 heterocycles. The minimum Gasteiger partial charge on any atom is -0.342 e. The van der Waals surface area contributed by atoms with Crippen LogP contribution in [0.25, 0.3) is 5.78 Å². The minimum atomic E-state index is -3.50. The van der Waals surface area contributed by atoms with E-state index in [1.165, 1.54) is 17.0 Å². The average Bonchev–Trinajstić information content (AvgIpc) is 3.33. The number of hydrogen-bond acceptors (Lipinski definition) is 7. The molecular formula is C18H23N7O3S. The van der Waals surface area contributed by atoms with Gasteiger partial charge in [0, 0.05) is 50.1 Å². The van der Waals surface area contributed by atoms with Crippen molar-refractivity contribution < 1.29 is 13.2 Å². The summed E-state index contributed by atoms with van der Waals surface area (Å²) in [6.45, 7) is 3.58. The van der Waals surface area contributed by atoms with Crippen LogP contribution in [0, 0.1) is 6.92 Å². The molecule has 4 rings (SSSR count). The van der Waals surface area contributed by atoms with Gasteiger partial charge in [-0.2, -0.15) is 19.7 Å². The predicted molar refractivity (Wildman–Crippen MR) is 104 cm³/mol. The molecule has 1 aliphatic rings. The molecule has 0 saturated carbocycles. The van der Waals surface area contributed by atoms with Crippen molar-refractivity contribution in [3.05, 3.63) is 36.2 Å². The second-order valence-corrected chi connectivity index (χ2v) is 9.36. The average molecular weight is 417 g/mol. The van der Waals surface area contributed by atoms with Crippen molar-refractivity contribution in [3.8, 4) is 0 Å². The fourth-order valence-corrected chi connectivity index (χ4v) is 4.74. The second kappa shape index (κ2) is 7.54. The highest BCUT2D eigenvalue weighted by molar-refractivity contribution is 7.90. The molecule has 0 radical (unpaired) electrons. The molecule has 0 aromatic carbocycles. The van der Waals surface area contributed by atoms with Crippen LogP contribution in [0.2, 0.25) is 0 Å². The molecule has 0 N–H and O–H groups in total. The van der Waals surface area contributed by atoms with E-state index in [-0.39, 0.29) is 16.7 Å². The minimum absolute atomic E-state index is 0.0365. The molecule has 29 heavy (non-hydrogen) atoms. The summed E-state index contributed by atoms with van der Waals surface area (Å²) in [5.74, 6) is 0.232. The van der Waals surface area contributed by atoms with Crippen LogP contribution in [0.1, 0.15) is 36.6 Å². The van der Waals surface area contributed by atoms with E-state index in [9.17, 15) is 13.2 Å². The van der Waals surface area contributed by atoms with Crippen LogP contribution in [-0.2, 0) is 21.2 Å². The number of carbonyl (C=O) groups excluding carboxylic acids is 1. The molecule has 1 saturated heterocycles. The van der Waals surface area contributed by atoms with E-state index in [0.717, 1.165) is 24.8 Å². The highest BCUT2D eigenvalue weighted by atomic mass is 32.2. The first-order valence-corrected chi connectivity index (χ1v) is 11.4. The number of aromatic nitrogens is 6. The number of piperidine rings is 1. The summed E-state index contributed by atoms with van der Waals surface area (Å²) in [5, 5.41) is 8.40. The summed E-state index contributed by atoms with van der Waals surface area (Å²) in [5.41, 5.74) is 1.56. The third-order valence-corrected chi connectivity index (χ3v) is 6.45. The van der Waals surface area contributed by atoms with Crippen molar-refractivity contribution in [3.63, 3.8) is 0 Å². The monoisotopic (exact) mass is 417 g/mol. The van der Waals surface area contributed by atoms with Gasteiger partial charge in [-0.1, -0.05) is 0 Å². The Morgan fingerprint density at radius 3 is 2.83 bits per heavy atom. The zero-order chi connectivity index (χ0) is 20.6. The van der Waals surface area contributed by atoms with E-state index in [1.807, 2.05) is 22.6 Å². The largest absolute Gasteiger partial charge is 0.342 e. The SMILES string of the molecule is Cc1ccnn1CCC(=O)N1CCC[C@H](c2c(S(C)(=O)=O)cnc3ncnn23)C1. The third kappa shape index (κ3) is 3.86. The third-order valence-electron chi connectivity index (χ3n) is 5.33. The van der Waals surface area contributed by atoms with Gasteiger partial charge in [0.05, 0.1) is 11.9 Å². The van der Waals surface area contributed by atoms with Gasteiger partial charge < -0.3 is 4.90 Å². The predicted octanol–water partition coefficient (Wildman–Crippen LogP) is 0.829. The molecule has 0 spiro atoms. The van der Waals surface area contributed by atoms with E-state index in [4.69, 9.17) is 0 Å². The number of nitrogens with zero attached hydrogens (tertiary/aromatic N) is 7. The van der Waals surface area contributed by atoms with E-state index in [2.05, 4.69) is 20.2 Å². The number of likely N-dealkylation sites (tertiary alicyclic amines) is 1. The van der Waals surface area contributed by atoms with Gasteiger partial charge >= 0.3 is 0 Å². The second-order valence-electron chi connectivity index (χ2n) is 7.38. The van der Waals surface area contributed by atoms with Crippen LogP contribution in [0.4, 0.5) is 0 Å². The summed E-state index contributed by atoms with van der Waals surface area (Å²) < 4.78 is 28.0. The van der Waals surface area contributed by atoms with Crippen molar-refractivity contribution in [1.82, 2.24) is 34.3 Å². The smallest absolute Gasteiger partial charge is 0.252 e. The summed E-state index contributed by atoms with van der Waals surface area (Å²) in [4.78, 5) is 22.9. The zero-order valence-electron chi connectivity index (χ0n) is 16.4. The highest BCUT2D eigenvalue weighted by Gasteiger charge is 2.31. The molecule has 10 nitrogen and oxygen atoms in total. The Morgan fingerprint density at radius 1 is 1.28 bits per heavy atom. The van der Waals surface area contributed by atoms with Crippen LogP contribution in [0.5, 0.6) is 0 Å². The molecule has 1 fully saturated rings. The molecule has 0 unspecified atom stereocenters. The van der Waals surface area contributed by atoms with Crippen molar-refractivity contribution >= 4 is 21.5 Å². The lowest BCUT2D eigenvalue weighted by Gasteiger charge is -2.33. The molecular weight excluding hydrogens is 394 g/mol. The Balaban J connectivity index is 1.58. The molecule has 0 bridgehead atoms. The molecule has 0 aliphatic carbocycles. The first-order chi connectivity index (χ1) is 13.8. The maximum Gasteiger partial charge on any atom is 0.252 e.